The summed E-state index contributed by atoms with van der Waals surface area (Å²) < 4.78 is 0. The van der Waals surface area contributed by atoms with E-state index in [4.69, 9.17) is 0 Å². The smallest absolute Gasteiger partial charge is 0.292 e. The van der Waals surface area contributed by atoms with Crippen LogP contribution in [0, 0.1) is 10.1 Å². The van der Waals surface area contributed by atoms with Crippen LogP contribution in [0.4, 0.5) is 11.4 Å². The van der Waals surface area contributed by atoms with E-state index in [9.17, 15) is 14.9 Å². The number of nitrogens with one attached hydrogen (secondary N) is 1. The number of hydrogen-bond acceptors (Lipinski definition) is 4. The molecule has 134 valence electrons. The van der Waals surface area contributed by atoms with Crippen molar-refractivity contribution < 1.29 is 9.72 Å². The zero-order chi connectivity index (χ0) is 18.5. The molecule has 1 aliphatic rings. The first kappa shape index (κ1) is 17.8. The van der Waals surface area contributed by atoms with Gasteiger partial charge < -0.3 is 5.32 Å². The van der Waals surface area contributed by atoms with Gasteiger partial charge in [-0.15, -0.1) is 0 Å². The van der Waals surface area contributed by atoms with Gasteiger partial charge in [0.2, 0.25) is 5.91 Å². The van der Waals surface area contributed by atoms with Crippen LogP contribution in [0.25, 0.3) is 5.57 Å². The minimum absolute atomic E-state index is 0.0991. The average Bonchev–Trinajstić information content (AvgIpc) is 2.68. The summed E-state index contributed by atoms with van der Waals surface area (Å²) in [5, 5.41) is 13.8. The Morgan fingerprint density at radius 2 is 1.85 bits per heavy atom. The van der Waals surface area contributed by atoms with Crippen molar-refractivity contribution in [2.75, 3.05) is 18.4 Å². The summed E-state index contributed by atoms with van der Waals surface area (Å²) in [5.74, 6) is -0.240. The number of benzene rings is 2. The Bertz CT molecular complexity index is 833. The number of nitro groups is 1. The summed E-state index contributed by atoms with van der Waals surface area (Å²) in [5.41, 5.74) is 2.63. The quantitative estimate of drug-likeness (QED) is 0.658. The maximum Gasteiger partial charge on any atom is 0.292 e. The molecule has 6 nitrogen and oxygen atoms in total. The van der Waals surface area contributed by atoms with Gasteiger partial charge in [-0.1, -0.05) is 48.5 Å². The number of para-hydroxylation sites is 2. The van der Waals surface area contributed by atoms with Crippen LogP contribution in [0.3, 0.4) is 0 Å². The average molecular weight is 351 g/mol. The molecule has 6 heteroatoms. The predicted molar refractivity (Wildman–Crippen MR) is 102 cm³/mol. The number of carbonyl (C=O) groups is 1. The number of nitrogens with zero attached hydrogens (tertiary/aromatic N) is 2. The van der Waals surface area contributed by atoms with Crippen LogP contribution in [0.2, 0.25) is 0 Å². The molecule has 1 heterocycles. The van der Waals surface area contributed by atoms with E-state index in [1.807, 2.05) is 25.1 Å². The minimum atomic E-state index is -0.490. The molecule has 0 aliphatic carbocycles. The molecule has 1 N–H and O–H groups in total. The number of anilines is 1. The highest BCUT2D eigenvalue weighted by molar-refractivity contribution is 5.96. The Morgan fingerprint density at radius 1 is 1.15 bits per heavy atom. The van der Waals surface area contributed by atoms with Crippen molar-refractivity contribution in [1.82, 2.24) is 4.90 Å². The van der Waals surface area contributed by atoms with Gasteiger partial charge in [-0.3, -0.25) is 19.8 Å². The van der Waals surface area contributed by atoms with Crippen LogP contribution in [0.5, 0.6) is 0 Å². The third-order valence-electron chi connectivity index (χ3n) is 4.67. The number of nitro benzene ring substituents is 1. The largest absolute Gasteiger partial charge is 0.319 e. The lowest BCUT2D eigenvalue weighted by molar-refractivity contribution is -0.383. The minimum Gasteiger partial charge on any atom is -0.319 e. The highest BCUT2D eigenvalue weighted by atomic mass is 16.6. The summed E-state index contributed by atoms with van der Waals surface area (Å²) >= 11 is 0. The summed E-state index contributed by atoms with van der Waals surface area (Å²) in [6.45, 7) is 3.27. The lowest BCUT2D eigenvalue weighted by Crippen LogP contribution is -2.44. The van der Waals surface area contributed by atoms with E-state index in [0.717, 1.165) is 13.0 Å². The Labute approximate surface area is 152 Å². The fourth-order valence-electron chi connectivity index (χ4n) is 3.09. The molecule has 0 spiro atoms. The number of carbonyl (C=O) groups excluding carboxylic acids is 1. The van der Waals surface area contributed by atoms with E-state index in [2.05, 4.69) is 28.4 Å². The maximum atomic E-state index is 12.5. The van der Waals surface area contributed by atoms with Crippen LogP contribution >= 0.6 is 0 Å². The number of rotatable bonds is 5. The summed E-state index contributed by atoms with van der Waals surface area (Å²) in [7, 11) is 0. The van der Waals surface area contributed by atoms with Crippen LogP contribution in [0.15, 0.2) is 60.7 Å². The topological polar surface area (TPSA) is 75.5 Å². The summed E-state index contributed by atoms with van der Waals surface area (Å²) in [4.78, 5) is 25.2. The molecule has 0 saturated carbocycles. The first-order valence-electron chi connectivity index (χ1n) is 8.59. The van der Waals surface area contributed by atoms with Crippen LogP contribution in [-0.2, 0) is 4.79 Å². The van der Waals surface area contributed by atoms with E-state index in [-0.39, 0.29) is 23.3 Å². The standard InChI is InChI=1S/C20H21N3O3/c1-15(20(24)21-18-9-5-6-10-19(18)23(25)26)22-13-11-17(12-14-22)16-7-3-2-4-8-16/h2-11,15H,12-14H2,1H3,(H,21,24). The molecule has 2 aromatic rings. The second-order valence-electron chi connectivity index (χ2n) is 6.28. The number of amides is 1. The second kappa shape index (κ2) is 7.93. The van der Waals surface area contributed by atoms with Crippen molar-refractivity contribution in [2.45, 2.75) is 19.4 Å². The Hall–Kier alpha value is -2.99. The highest BCUT2D eigenvalue weighted by Crippen LogP contribution is 2.25. The van der Waals surface area contributed by atoms with Gasteiger partial charge in [0.1, 0.15) is 5.69 Å². The Kier molecular flexibility index (Phi) is 5.43. The first-order chi connectivity index (χ1) is 12.6. The van der Waals surface area contributed by atoms with Crippen molar-refractivity contribution in [3.8, 4) is 0 Å². The molecule has 3 rings (SSSR count). The van der Waals surface area contributed by atoms with Gasteiger partial charge in [-0.25, -0.2) is 0 Å². The van der Waals surface area contributed by atoms with Gasteiger partial charge >= 0.3 is 0 Å². The molecular formula is C20H21N3O3. The molecule has 1 aliphatic heterocycles. The Balaban J connectivity index is 1.65. The van der Waals surface area contributed by atoms with Crippen molar-refractivity contribution in [2.24, 2.45) is 0 Å². The SMILES string of the molecule is CC(C(=O)Nc1ccccc1[N+](=O)[O-])N1CC=C(c2ccccc2)CC1. The fraction of sp³-hybridized carbons (Fsp3) is 0.250. The maximum absolute atomic E-state index is 12.5. The molecule has 1 amide bonds. The van der Waals surface area contributed by atoms with Crippen molar-refractivity contribution >= 4 is 22.9 Å². The molecule has 1 atom stereocenters. The fourth-order valence-corrected chi connectivity index (χ4v) is 3.09. The molecule has 1 unspecified atom stereocenters. The summed E-state index contributed by atoms with van der Waals surface area (Å²) in [6, 6.07) is 16.0. The van der Waals surface area contributed by atoms with Gasteiger partial charge in [0.05, 0.1) is 11.0 Å². The number of hydrogen-bond donors (Lipinski definition) is 1. The van der Waals surface area contributed by atoms with E-state index < -0.39 is 4.92 Å². The second-order valence-corrected chi connectivity index (χ2v) is 6.28. The van der Waals surface area contributed by atoms with Gasteiger partial charge in [0, 0.05) is 19.2 Å². The van der Waals surface area contributed by atoms with Crippen molar-refractivity contribution in [3.63, 3.8) is 0 Å². The third-order valence-corrected chi connectivity index (χ3v) is 4.67. The Morgan fingerprint density at radius 3 is 2.50 bits per heavy atom. The molecule has 26 heavy (non-hydrogen) atoms. The molecule has 0 fully saturated rings. The zero-order valence-electron chi connectivity index (χ0n) is 14.6. The monoisotopic (exact) mass is 351 g/mol. The van der Waals surface area contributed by atoms with E-state index in [1.54, 1.807) is 18.2 Å². The predicted octanol–water partition coefficient (Wildman–Crippen LogP) is 3.71. The van der Waals surface area contributed by atoms with Crippen molar-refractivity contribution in [1.29, 1.82) is 0 Å². The van der Waals surface area contributed by atoms with Crippen LogP contribution < -0.4 is 5.32 Å². The zero-order valence-corrected chi connectivity index (χ0v) is 14.6. The third kappa shape index (κ3) is 3.97. The molecule has 2 aromatic carbocycles. The van der Waals surface area contributed by atoms with Gasteiger partial charge in [-0.05, 0) is 30.5 Å². The molecule has 0 bridgehead atoms. The molecular weight excluding hydrogens is 330 g/mol. The van der Waals surface area contributed by atoms with Gasteiger partial charge in [0.25, 0.3) is 5.69 Å². The normalized spacial score (nSPS) is 15.8. The van der Waals surface area contributed by atoms with E-state index in [1.165, 1.54) is 17.2 Å². The lowest BCUT2D eigenvalue weighted by Gasteiger charge is -2.31. The van der Waals surface area contributed by atoms with Crippen LogP contribution in [0.1, 0.15) is 18.9 Å². The first-order valence-corrected chi connectivity index (χ1v) is 8.59. The lowest BCUT2D eigenvalue weighted by atomic mass is 9.99. The van der Waals surface area contributed by atoms with Gasteiger partial charge in [-0.2, -0.15) is 0 Å². The van der Waals surface area contributed by atoms with Crippen LogP contribution in [-0.4, -0.2) is 34.9 Å². The van der Waals surface area contributed by atoms with E-state index in [0.29, 0.717) is 6.54 Å². The molecule has 0 aromatic heterocycles. The molecule has 0 radical (unpaired) electrons. The van der Waals surface area contributed by atoms with Gasteiger partial charge in [0.15, 0.2) is 0 Å². The molecule has 0 saturated heterocycles. The highest BCUT2D eigenvalue weighted by Gasteiger charge is 2.25. The van der Waals surface area contributed by atoms with Crippen molar-refractivity contribution in [3.05, 3.63) is 76.4 Å². The summed E-state index contributed by atoms with van der Waals surface area (Å²) in [6.07, 6.45) is 3.01. The van der Waals surface area contributed by atoms with E-state index >= 15 is 0 Å².